The quantitative estimate of drug-likeness (QED) is 0.777. The Kier molecular flexibility index (Phi) is 5.42. The first kappa shape index (κ1) is 21.0. The second-order valence-corrected chi connectivity index (χ2v) is 10.2. The van der Waals surface area contributed by atoms with Crippen molar-refractivity contribution < 1.29 is 22.7 Å². The number of halogens is 1. The summed E-state index contributed by atoms with van der Waals surface area (Å²) in [6.45, 7) is 1.90. The summed E-state index contributed by atoms with van der Waals surface area (Å²) in [5.74, 6) is -0.919. The Balaban J connectivity index is 1.59. The Morgan fingerprint density at radius 2 is 1.93 bits per heavy atom. The average Bonchev–Trinajstić information content (AvgIpc) is 3.15. The molecule has 30 heavy (non-hydrogen) atoms. The van der Waals surface area contributed by atoms with Gasteiger partial charge in [-0.05, 0) is 67.1 Å². The van der Waals surface area contributed by atoms with Gasteiger partial charge in [0.2, 0.25) is 15.9 Å². The second-order valence-electron chi connectivity index (χ2n) is 8.22. The minimum atomic E-state index is -3.75. The normalized spacial score (nSPS) is 26.9. The molecule has 1 saturated heterocycles. The largest absolute Gasteiger partial charge is 0.385 e. The van der Waals surface area contributed by atoms with Gasteiger partial charge < -0.3 is 10.4 Å². The van der Waals surface area contributed by atoms with Crippen LogP contribution in [0.1, 0.15) is 31.7 Å². The van der Waals surface area contributed by atoms with E-state index in [0.717, 1.165) is 12.8 Å². The van der Waals surface area contributed by atoms with Gasteiger partial charge in [0.25, 0.3) is 0 Å². The number of carbonyl (C=O) groups is 1. The zero-order chi connectivity index (χ0) is 21.5. The maximum Gasteiger partial charge on any atom is 0.243 e. The first-order chi connectivity index (χ1) is 14.2. The summed E-state index contributed by atoms with van der Waals surface area (Å²) in [7, 11) is -3.75. The summed E-state index contributed by atoms with van der Waals surface area (Å²) in [6.07, 6.45) is 2.07. The summed E-state index contributed by atoms with van der Waals surface area (Å²) in [4.78, 5) is 11.3. The van der Waals surface area contributed by atoms with Gasteiger partial charge in [-0.25, -0.2) is 12.8 Å². The van der Waals surface area contributed by atoms with Crippen LogP contribution in [0.15, 0.2) is 53.4 Å². The van der Waals surface area contributed by atoms with E-state index in [4.69, 9.17) is 0 Å². The van der Waals surface area contributed by atoms with Gasteiger partial charge in [-0.15, -0.1) is 0 Å². The van der Waals surface area contributed by atoms with Crippen LogP contribution < -0.4 is 5.32 Å². The first-order valence-corrected chi connectivity index (χ1v) is 11.5. The number of benzene rings is 2. The van der Waals surface area contributed by atoms with Crippen molar-refractivity contribution in [3.05, 3.63) is 59.9 Å². The molecule has 2 N–H and O–H groups in total. The number of carbonyl (C=O) groups excluding carboxylic acids is 1. The SMILES string of the molecule is CC(=O)Nc1ccc(S(=O)(=O)N2C[C@@H]3CCC[C@@](O)(c4cccc(F)c4)[C@H]3C2)cc1. The molecule has 1 saturated carbocycles. The lowest BCUT2D eigenvalue weighted by Crippen LogP contribution is -2.43. The van der Waals surface area contributed by atoms with Crippen LogP contribution in [0.25, 0.3) is 0 Å². The number of nitrogens with zero attached hydrogens (tertiary/aromatic N) is 1. The van der Waals surface area contributed by atoms with Crippen molar-refractivity contribution in [1.29, 1.82) is 0 Å². The maximum atomic E-state index is 13.8. The topological polar surface area (TPSA) is 86.7 Å². The molecule has 0 aromatic heterocycles. The van der Waals surface area contributed by atoms with Gasteiger partial charge in [0, 0.05) is 31.6 Å². The summed E-state index contributed by atoms with van der Waals surface area (Å²) in [5.41, 5.74) is -0.210. The van der Waals surface area contributed by atoms with Gasteiger partial charge in [-0.3, -0.25) is 4.79 Å². The molecule has 0 bridgehead atoms. The van der Waals surface area contributed by atoms with Gasteiger partial charge >= 0.3 is 0 Å². The van der Waals surface area contributed by atoms with Crippen molar-refractivity contribution in [1.82, 2.24) is 4.31 Å². The first-order valence-electron chi connectivity index (χ1n) is 10.1. The van der Waals surface area contributed by atoms with Gasteiger partial charge in [0.1, 0.15) is 5.82 Å². The van der Waals surface area contributed by atoms with Gasteiger partial charge in [0.05, 0.1) is 10.5 Å². The molecule has 2 aromatic carbocycles. The van der Waals surface area contributed by atoms with E-state index in [0.29, 0.717) is 24.2 Å². The molecule has 8 heteroatoms. The number of fused-ring (bicyclic) bond motifs is 1. The monoisotopic (exact) mass is 432 g/mol. The van der Waals surface area contributed by atoms with Crippen LogP contribution in [-0.4, -0.2) is 36.8 Å². The van der Waals surface area contributed by atoms with E-state index in [1.165, 1.54) is 35.5 Å². The number of hydrogen-bond acceptors (Lipinski definition) is 4. The molecule has 1 heterocycles. The number of nitrogens with one attached hydrogen (secondary N) is 1. The van der Waals surface area contributed by atoms with E-state index in [2.05, 4.69) is 5.32 Å². The molecule has 0 unspecified atom stereocenters. The van der Waals surface area contributed by atoms with Crippen molar-refractivity contribution in [2.24, 2.45) is 11.8 Å². The van der Waals surface area contributed by atoms with Crippen LogP contribution in [0.3, 0.4) is 0 Å². The second kappa shape index (κ2) is 7.76. The highest BCUT2D eigenvalue weighted by molar-refractivity contribution is 7.89. The van der Waals surface area contributed by atoms with E-state index in [1.807, 2.05) is 0 Å². The van der Waals surface area contributed by atoms with E-state index >= 15 is 0 Å². The van der Waals surface area contributed by atoms with Crippen LogP contribution in [0.5, 0.6) is 0 Å². The highest BCUT2D eigenvalue weighted by Gasteiger charge is 2.52. The number of aliphatic hydroxyl groups is 1. The molecule has 0 spiro atoms. The van der Waals surface area contributed by atoms with Crippen molar-refractivity contribution in [2.75, 3.05) is 18.4 Å². The minimum Gasteiger partial charge on any atom is -0.385 e. The number of anilines is 1. The van der Waals surface area contributed by atoms with Crippen molar-refractivity contribution in [2.45, 2.75) is 36.7 Å². The van der Waals surface area contributed by atoms with Crippen LogP contribution in [0, 0.1) is 17.7 Å². The molecule has 2 fully saturated rings. The fourth-order valence-electron chi connectivity index (χ4n) is 4.86. The maximum absolute atomic E-state index is 13.8. The van der Waals surface area contributed by atoms with Crippen LogP contribution in [0.2, 0.25) is 0 Å². The molecule has 4 rings (SSSR count). The average molecular weight is 433 g/mol. The third-order valence-electron chi connectivity index (χ3n) is 6.29. The molecule has 6 nitrogen and oxygen atoms in total. The zero-order valence-corrected chi connectivity index (χ0v) is 17.5. The summed E-state index contributed by atoms with van der Waals surface area (Å²) in [6, 6.07) is 12.0. The highest BCUT2D eigenvalue weighted by Crippen LogP contribution is 2.49. The van der Waals surface area contributed by atoms with Crippen molar-refractivity contribution in [3.63, 3.8) is 0 Å². The van der Waals surface area contributed by atoms with E-state index in [9.17, 15) is 22.7 Å². The van der Waals surface area contributed by atoms with E-state index in [1.54, 1.807) is 24.3 Å². The fourth-order valence-corrected chi connectivity index (χ4v) is 6.38. The minimum absolute atomic E-state index is 0.0143. The number of sulfonamides is 1. The summed E-state index contributed by atoms with van der Waals surface area (Å²) < 4.78 is 41.6. The van der Waals surface area contributed by atoms with Gasteiger partial charge in [0.15, 0.2) is 0 Å². The van der Waals surface area contributed by atoms with E-state index in [-0.39, 0.29) is 29.2 Å². The van der Waals surface area contributed by atoms with Crippen molar-refractivity contribution in [3.8, 4) is 0 Å². The molecule has 160 valence electrons. The fraction of sp³-hybridized carbons (Fsp3) is 0.409. The Labute approximate surface area is 175 Å². The molecule has 1 aliphatic heterocycles. The third-order valence-corrected chi connectivity index (χ3v) is 8.14. The number of hydrogen-bond donors (Lipinski definition) is 2. The van der Waals surface area contributed by atoms with Crippen LogP contribution >= 0.6 is 0 Å². The molecule has 2 aliphatic rings. The third kappa shape index (κ3) is 3.75. The standard InChI is InChI=1S/C22H25FN2O4S/c1-15(26)24-19-7-9-20(10-8-19)30(28,29)25-13-16-4-3-11-22(27,21(16)14-25)17-5-2-6-18(23)12-17/h2,5-10,12,16,21,27H,3-4,11,13-14H2,1H3,(H,24,26)/t16-,21-,22+/m0/s1. The number of amides is 1. The number of rotatable bonds is 4. The molecule has 1 aliphatic carbocycles. The Morgan fingerprint density at radius 1 is 1.20 bits per heavy atom. The predicted octanol–water partition coefficient (Wildman–Crippen LogP) is 3.09. The Hall–Kier alpha value is -2.29. The van der Waals surface area contributed by atoms with Crippen LogP contribution in [-0.2, 0) is 20.4 Å². The Bertz CT molecular complexity index is 1060. The Morgan fingerprint density at radius 3 is 2.60 bits per heavy atom. The molecule has 3 atom stereocenters. The van der Waals surface area contributed by atoms with E-state index < -0.39 is 21.4 Å². The molecular formula is C22H25FN2O4S. The predicted molar refractivity (Wildman–Crippen MR) is 111 cm³/mol. The summed E-state index contributed by atoms with van der Waals surface area (Å²) >= 11 is 0. The van der Waals surface area contributed by atoms with Gasteiger partial charge in [-0.1, -0.05) is 12.1 Å². The van der Waals surface area contributed by atoms with Crippen LogP contribution in [0.4, 0.5) is 10.1 Å². The molecule has 0 radical (unpaired) electrons. The zero-order valence-electron chi connectivity index (χ0n) is 16.7. The lowest BCUT2D eigenvalue weighted by atomic mass is 9.67. The highest BCUT2D eigenvalue weighted by atomic mass is 32.2. The summed E-state index contributed by atoms with van der Waals surface area (Å²) in [5, 5.41) is 14.1. The lowest BCUT2D eigenvalue weighted by Gasteiger charge is -2.41. The van der Waals surface area contributed by atoms with Crippen molar-refractivity contribution >= 4 is 21.6 Å². The molecule has 1 amide bonds. The lowest BCUT2D eigenvalue weighted by molar-refractivity contribution is -0.114. The van der Waals surface area contributed by atoms with Gasteiger partial charge in [-0.2, -0.15) is 4.31 Å². The smallest absolute Gasteiger partial charge is 0.243 e. The molecular weight excluding hydrogens is 407 g/mol. The molecule has 2 aromatic rings.